The van der Waals surface area contributed by atoms with Crippen molar-refractivity contribution in [2.45, 2.75) is 32.4 Å². The van der Waals surface area contributed by atoms with Gasteiger partial charge in [0, 0.05) is 18.3 Å². The van der Waals surface area contributed by atoms with Crippen molar-refractivity contribution < 1.29 is 9.32 Å². The van der Waals surface area contributed by atoms with Crippen LogP contribution in [0.15, 0.2) is 40.9 Å². The quantitative estimate of drug-likeness (QED) is 0.871. The maximum Gasteiger partial charge on any atom is 0.244 e. The van der Waals surface area contributed by atoms with Crippen LogP contribution in [-0.2, 0) is 11.3 Å². The van der Waals surface area contributed by atoms with Crippen LogP contribution >= 0.6 is 0 Å². The number of aromatic nitrogens is 1. The predicted molar refractivity (Wildman–Crippen MR) is 84.5 cm³/mol. The van der Waals surface area contributed by atoms with Crippen LogP contribution in [0.2, 0.25) is 0 Å². The summed E-state index contributed by atoms with van der Waals surface area (Å²) in [6.07, 6.45) is 1.89. The second kappa shape index (κ2) is 6.32. The Hall–Kier alpha value is -2.14. The summed E-state index contributed by atoms with van der Waals surface area (Å²) in [6.45, 7) is 3.28. The maximum absolute atomic E-state index is 12.8. The lowest BCUT2D eigenvalue weighted by molar-refractivity contribution is -0.125. The lowest BCUT2D eigenvalue weighted by Crippen LogP contribution is -2.51. The number of nitrogens with zero attached hydrogens (tertiary/aromatic N) is 3. The molecule has 0 bridgehead atoms. The Morgan fingerprint density at radius 1 is 1.36 bits per heavy atom. The highest BCUT2D eigenvalue weighted by atomic mass is 16.5. The first-order chi connectivity index (χ1) is 10.6. The zero-order valence-electron chi connectivity index (χ0n) is 13.0. The first-order valence-electron chi connectivity index (χ1n) is 7.64. The summed E-state index contributed by atoms with van der Waals surface area (Å²) >= 11 is 0. The van der Waals surface area contributed by atoms with E-state index in [9.17, 15) is 4.79 Å². The molecule has 22 heavy (non-hydrogen) atoms. The molecule has 5 nitrogen and oxygen atoms in total. The second-order valence-corrected chi connectivity index (χ2v) is 5.83. The average Bonchev–Trinajstić information content (AvgIpc) is 2.93. The molecule has 0 saturated carbocycles. The molecular formula is C17H21N3O2. The molecule has 2 aromatic rings. The minimum absolute atomic E-state index is 0.112. The summed E-state index contributed by atoms with van der Waals surface area (Å²) in [7, 11) is 1.97. The number of rotatable bonds is 4. The Morgan fingerprint density at radius 3 is 2.82 bits per heavy atom. The van der Waals surface area contributed by atoms with E-state index < -0.39 is 0 Å². The third-order valence-corrected chi connectivity index (χ3v) is 4.09. The van der Waals surface area contributed by atoms with E-state index in [2.05, 4.69) is 10.1 Å². The van der Waals surface area contributed by atoms with Crippen LogP contribution in [0.4, 0.5) is 5.69 Å². The van der Waals surface area contributed by atoms with Crippen molar-refractivity contribution in [3.8, 4) is 0 Å². The smallest absolute Gasteiger partial charge is 0.244 e. The normalized spacial score (nSPS) is 19.0. The first kappa shape index (κ1) is 14.8. The van der Waals surface area contributed by atoms with Crippen LogP contribution in [0.25, 0.3) is 0 Å². The minimum Gasteiger partial charge on any atom is -0.360 e. The van der Waals surface area contributed by atoms with Crippen LogP contribution in [0.3, 0.4) is 0 Å². The molecule has 1 fully saturated rings. The van der Waals surface area contributed by atoms with Gasteiger partial charge in [0.25, 0.3) is 0 Å². The van der Waals surface area contributed by atoms with Crippen molar-refractivity contribution in [2.75, 3.05) is 18.5 Å². The number of carbonyl (C=O) groups is 1. The van der Waals surface area contributed by atoms with Gasteiger partial charge < -0.3 is 9.42 Å². The Bertz CT molecular complexity index is 638. The topological polar surface area (TPSA) is 49.6 Å². The average molecular weight is 299 g/mol. The van der Waals surface area contributed by atoms with Crippen LogP contribution < -0.4 is 4.90 Å². The van der Waals surface area contributed by atoms with Gasteiger partial charge in [0.1, 0.15) is 0 Å². The number of para-hydroxylation sites is 1. The first-order valence-corrected chi connectivity index (χ1v) is 7.64. The molecule has 0 aliphatic carbocycles. The van der Waals surface area contributed by atoms with Crippen molar-refractivity contribution in [2.24, 2.45) is 0 Å². The molecule has 0 N–H and O–H groups in total. The van der Waals surface area contributed by atoms with E-state index in [0.717, 1.165) is 36.5 Å². The zero-order valence-corrected chi connectivity index (χ0v) is 13.0. The molecule has 1 atom stereocenters. The molecule has 1 aliphatic rings. The SMILES string of the molecule is Cc1cc(CN(C)[C@@H]2CCCN(c3ccccc3)C2=O)on1. The van der Waals surface area contributed by atoms with E-state index in [1.165, 1.54) is 0 Å². The van der Waals surface area contributed by atoms with Gasteiger partial charge in [-0.2, -0.15) is 0 Å². The highest BCUT2D eigenvalue weighted by molar-refractivity contribution is 5.97. The van der Waals surface area contributed by atoms with Gasteiger partial charge >= 0.3 is 0 Å². The van der Waals surface area contributed by atoms with Gasteiger partial charge in [-0.1, -0.05) is 23.4 Å². The monoisotopic (exact) mass is 299 g/mol. The van der Waals surface area contributed by atoms with Crippen molar-refractivity contribution in [3.05, 3.63) is 47.9 Å². The van der Waals surface area contributed by atoms with Crippen molar-refractivity contribution in [1.82, 2.24) is 10.1 Å². The van der Waals surface area contributed by atoms with Crippen molar-refractivity contribution in [1.29, 1.82) is 0 Å². The summed E-state index contributed by atoms with van der Waals surface area (Å²) in [5.41, 5.74) is 1.84. The molecule has 2 heterocycles. The third-order valence-electron chi connectivity index (χ3n) is 4.09. The summed E-state index contributed by atoms with van der Waals surface area (Å²) in [4.78, 5) is 16.7. The fourth-order valence-corrected chi connectivity index (χ4v) is 2.98. The Kier molecular flexibility index (Phi) is 4.24. The summed E-state index contributed by atoms with van der Waals surface area (Å²) in [6, 6.07) is 11.7. The largest absolute Gasteiger partial charge is 0.360 e. The lowest BCUT2D eigenvalue weighted by Gasteiger charge is -2.36. The van der Waals surface area contributed by atoms with Crippen molar-refractivity contribution >= 4 is 11.6 Å². The number of carbonyl (C=O) groups excluding carboxylic acids is 1. The molecule has 0 spiro atoms. The molecule has 0 radical (unpaired) electrons. The number of anilines is 1. The molecule has 116 valence electrons. The van der Waals surface area contributed by atoms with E-state index in [-0.39, 0.29) is 11.9 Å². The van der Waals surface area contributed by atoms with Gasteiger partial charge in [-0.25, -0.2) is 0 Å². The fraction of sp³-hybridized carbons (Fsp3) is 0.412. The summed E-state index contributed by atoms with van der Waals surface area (Å²) in [5.74, 6) is 0.959. The van der Waals surface area contributed by atoms with Crippen LogP contribution in [0.5, 0.6) is 0 Å². The predicted octanol–water partition coefficient (Wildman–Crippen LogP) is 2.61. The summed E-state index contributed by atoms with van der Waals surface area (Å²) < 4.78 is 5.26. The highest BCUT2D eigenvalue weighted by Crippen LogP contribution is 2.24. The molecule has 1 aromatic carbocycles. The number of likely N-dealkylation sites (N-methyl/N-ethyl adjacent to an activating group) is 1. The van der Waals surface area contributed by atoms with E-state index in [1.807, 2.05) is 55.3 Å². The van der Waals surface area contributed by atoms with Crippen LogP contribution in [-0.4, -0.2) is 35.6 Å². The molecule has 3 rings (SSSR count). The number of hydrogen-bond acceptors (Lipinski definition) is 4. The maximum atomic E-state index is 12.8. The minimum atomic E-state index is -0.112. The van der Waals surface area contributed by atoms with E-state index >= 15 is 0 Å². The number of piperidine rings is 1. The van der Waals surface area contributed by atoms with Crippen LogP contribution in [0.1, 0.15) is 24.3 Å². The van der Waals surface area contributed by atoms with E-state index in [1.54, 1.807) is 0 Å². The Morgan fingerprint density at radius 2 is 2.14 bits per heavy atom. The van der Waals surface area contributed by atoms with Gasteiger partial charge in [-0.3, -0.25) is 9.69 Å². The molecule has 5 heteroatoms. The number of hydrogen-bond donors (Lipinski definition) is 0. The fourth-order valence-electron chi connectivity index (χ4n) is 2.98. The number of benzene rings is 1. The van der Waals surface area contributed by atoms with Gasteiger partial charge in [-0.15, -0.1) is 0 Å². The molecule has 1 saturated heterocycles. The standard InChI is InChI=1S/C17H21N3O2/c1-13-11-15(22-18-13)12-19(2)16-9-6-10-20(17(16)21)14-7-4-3-5-8-14/h3-5,7-8,11,16H,6,9-10,12H2,1-2H3/t16-/m1/s1. The number of amides is 1. The van der Waals surface area contributed by atoms with Gasteiger partial charge in [0.05, 0.1) is 18.3 Å². The lowest BCUT2D eigenvalue weighted by atomic mass is 10.0. The Balaban J connectivity index is 1.72. The molecule has 1 aliphatic heterocycles. The van der Waals surface area contributed by atoms with Gasteiger partial charge in [-0.05, 0) is 38.9 Å². The van der Waals surface area contributed by atoms with Gasteiger partial charge in [0.15, 0.2) is 5.76 Å². The molecule has 1 aromatic heterocycles. The van der Waals surface area contributed by atoms with Crippen molar-refractivity contribution in [3.63, 3.8) is 0 Å². The number of aryl methyl sites for hydroxylation is 1. The Labute approximate surface area is 130 Å². The van der Waals surface area contributed by atoms with Gasteiger partial charge in [0.2, 0.25) is 5.91 Å². The molecule has 1 amide bonds. The van der Waals surface area contributed by atoms with E-state index in [0.29, 0.717) is 6.54 Å². The second-order valence-electron chi connectivity index (χ2n) is 5.83. The van der Waals surface area contributed by atoms with E-state index in [4.69, 9.17) is 4.52 Å². The highest BCUT2D eigenvalue weighted by Gasteiger charge is 2.32. The zero-order chi connectivity index (χ0) is 15.5. The van der Waals surface area contributed by atoms with Crippen LogP contribution in [0, 0.1) is 6.92 Å². The third kappa shape index (κ3) is 3.04. The molecule has 0 unspecified atom stereocenters. The summed E-state index contributed by atoms with van der Waals surface area (Å²) in [5, 5.41) is 3.90. The molecular weight excluding hydrogens is 278 g/mol.